The van der Waals surface area contributed by atoms with Crippen molar-refractivity contribution in [1.82, 2.24) is 10.3 Å². The molecule has 116 valence electrons. The number of aryl methyl sites for hydroxylation is 1. The van der Waals surface area contributed by atoms with Gasteiger partial charge in [0, 0.05) is 18.8 Å². The van der Waals surface area contributed by atoms with Gasteiger partial charge in [-0.2, -0.15) is 0 Å². The van der Waals surface area contributed by atoms with E-state index in [1.54, 1.807) is 27.7 Å². The van der Waals surface area contributed by atoms with Gasteiger partial charge < -0.3 is 20.5 Å². The van der Waals surface area contributed by atoms with Crippen LogP contribution in [-0.4, -0.2) is 40.8 Å². The SMILES string of the molecule is Cc1cc(C(=O)O)cc(NCCNC(=O)OC(C)(C)C)n1. The lowest BCUT2D eigenvalue weighted by Gasteiger charge is -2.19. The molecule has 0 saturated heterocycles. The highest BCUT2D eigenvalue weighted by atomic mass is 16.6. The van der Waals surface area contributed by atoms with Gasteiger partial charge in [0.1, 0.15) is 11.4 Å². The van der Waals surface area contributed by atoms with Crippen LogP contribution in [-0.2, 0) is 4.74 Å². The average molecular weight is 295 g/mol. The summed E-state index contributed by atoms with van der Waals surface area (Å²) in [5.74, 6) is -0.547. The Morgan fingerprint density at radius 3 is 2.52 bits per heavy atom. The number of carboxylic acids is 1. The Bertz CT molecular complexity index is 523. The van der Waals surface area contributed by atoms with Gasteiger partial charge in [-0.15, -0.1) is 0 Å². The number of rotatable bonds is 5. The topological polar surface area (TPSA) is 101 Å². The maximum Gasteiger partial charge on any atom is 0.407 e. The van der Waals surface area contributed by atoms with Crippen LogP contribution in [0.1, 0.15) is 36.8 Å². The first-order chi connectivity index (χ1) is 9.67. The van der Waals surface area contributed by atoms with Crippen molar-refractivity contribution in [2.45, 2.75) is 33.3 Å². The number of hydrogen-bond donors (Lipinski definition) is 3. The fraction of sp³-hybridized carbons (Fsp3) is 0.500. The van der Waals surface area contributed by atoms with Gasteiger partial charge in [0.25, 0.3) is 0 Å². The minimum absolute atomic E-state index is 0.171. The molecule has 0 aromatic carbocycles. The van der Waals surface area contributed by atoms with Gasteiger partial charge in [0.2, 0.25) is 0 Å². The van der Waals surface area contributed by atoms with E-state index in [-0.39, 0.29) is 5.56 Å². The van der Waals surface area contributed by atoms with Crippen molar-refractivity contribution in [3.05, 3.63) is 23.4 Å². The molecule has 7 nitrogen and oxygen atoms in total. The molecule has 1 rings (SSSR count). The molecule has 0 saturated carbocycles. The van der Waals surface area contributed by atoms with E-state index in [4.69, 9.17) is 9.84 Å². The first kappa shape index (κ1) is 16.7. The Morgan fingerprint density at radius 1 is 1.29 bits per heavy atom. The third-order valence-electron chi connectivity index (χ3n) is 2.30. The number of nitrogens with zero attached hydrogens (tertiary/aromatic N) is 1. The molecular formula is C14H21N3O4. The van der Waals surface area contributed by atoms with E-state index in [0.717, 1.165) is 0 Å². The van der Waals surface area contributed by atoms with Crippen LogP contribution in [0.25, 0.3) is 0 Å². The molecule has 21 heavy (non-hydrogen) atoms. The van der Waals surface area contributed by atoms with Crippen LogP contribution in [0.2, 0.25) is 0 Å². The summed E-state index contributed by atoms with van der Waals surface area (Å²) >= 11 is 0. The van der Waals surface area contributed by atoms with Gasteiger partial charge >= 0.3 is 12.1 Å². The molecule has 0 spiro atoms. The van der Waals surface area contributed by atoms with Crippen molar-refractivity contribution in [2.24, 2.45) is 0 Å². The lowest BCUT2D eigenvalue weighted by Crippen LogP contribution is -2.35. The molecule has 0 atom stereocenters. The molecule has 0 aliphatic carbocycles. The summed E-state index contributed by atoms with van der Waals surface area (Å²) in [6, 6.07) is 2.94. The quantitative estimate of drug-likeness (QED) is 0.719. The third kappa shape index (κ3) is 6.60. The van der Waals surface area contributed by atoms with Crippen LogP contribution in [0, 0.1) is 6.92 Å². The Morgan fingerprint density at radius 2 is 1.95 bits per heavy atom. The van der Waals surface area contributed by atoms with Crippen molar-refractivity contribution in [3.8, 4) is 0 Å². The van der Waals surface area contributed by atoms with E-state index >= 15 is 0 Å². The number of nitrogens with one attached hydrogen (secondary N) is 2. The third-order valence-corrected chi connectivity index (χ3v) is 2.30. The minimum atomic E-state index is -1.00. The van der Waals surface area contributed by atoms with Gasteiger partial charge in [-0.25, -0.2) is 14.6 Å². The van der Waals surface area contributed by atoms with E-state index in [1.807, 2.05) is 0 Å². The van der Waals surface area contributed by atoms with Gasteiger partial charge in [-0.1, -0.05) is 0 Å². The summed E-state index contributed by atoms with van der Waals surface area (Å²) in [7, 11) is 0. The fourth-order valence-electron chi connectivity index (χ4n) is 1.55. The monoisotopic (exact) mass is 295 g/mol. The van der Waals surface area contributed by atoms with E-state index in [1.165, 1.54) is 12.1 Å². The van der Waals surface area contributed by atoms with Gasteiger partial charge in [0.15, 0.2) is 0 Å². The number of carbonyl (C=O) groups excluding carboxylic acids is 1. The summed E-state index contributed by atoms with van der Waals surface area (Å²) in [6.07, 6.45) is -0.493. The van der Waals surface area contributed by atoms with Crippen molar-refractivity contribution in [1.29, 1.82) is 0 Å². The number of anilines is 1. The second-order valence-corrected chi connectivity index (χ2v) is 5.54. The number of aromatic carboxylic acids is 1. The van der Waals surface area contributed by atoms with Crippen LogP contribution >= 0.6 is 0 Å². The number of aromatic nitrogens is 1. The number of carboxylic acid groups (broad SMARTS) is 1. The number of pyridine rings is 1. The Kier molecular flexibility index (Phi) is 5.52. The van der Waals surface area contributed by atoms with Crippen LogP contribution in [0.5, 0.6) is 0 Å². The number of alkyl carbamates (subject to hydrolysis) is 1. The van der Waals surface area contributed by atoms with Crippen molar-refractivity contribution in [3.63, 3.8) is 0 Å². The first-order valence-electron chi connectivity index (χ1n) is 6.60. The molecule has 0 unspecified atom stereocenters. The summed E-state index contributed by atoms with van der Waals surface area (Å²) in [6.45, 7) is 7.83. The van der Waals surface area contributed by atoms with Gasteiger partial charge in [-0.3, -0.25) is 0 Å². The summed E-state index contributed by atoms with van der Waals surface area (Å²) in [5.41, 5.74) is 0.244. The Hall–Kier alpha value is -2.31. The van der Waals surface area contributed by atoms with Gasteiger partial charge in [-0.05, 0) is 39.8 Å². The van der Waals surface area contributed by atoms with Crippen LogP contribution in [0.15, 0.2) is 12.1 Å². The molecular weight excluding hydrogens is 274 g/mol. The Labute approximate surface area is 123 Å². The molecule has 0 fully saturated rings. The maximum atomic E-state index is 11.4. The first-order valence-corrected chi connectivity index (χ1v) is 6.60. The molecule has 7 heteroatoms. The minimum Gasteiger partial charge on any atom is -0.478 e. The number of ether oxygens (including phenoxy) is 1. The highest BCUT2D eigenvalue weighted by molar-refractivity contribution is 5.88. The summed E-state index contributed by atoms with van der Waals surface area (Å²) < 4.78 is 5.09. The van der Waals surface area contributed by atoms with Crippen LogP contribution in [0.4, 0.5) is 10.6 Å². The second kappa shape index (κ2) is 6.92. The highest BCUT2D eigenvalue weighted by Crippen LogP contribution is 2.10. The average Bonchev–Trinajstić information content (AvgIpc) is 2.31. The van der Waals surface area contributed by atoms with E-state index < -0.39 is 17.7 Å². The zero-order valence-corrected chi connectivity index (χ0v) is 12.7. The molecule has 0 radical (unpaired) electrons. The van der Waals surface area contributed by atoms with E-state index in [0.29, 0.717) is 24.6 Å². The molecule has 1 heterocycles. The molecule has 1 amide bonds. The van der Waals surface area contributed by atoms with E-state index in [2.05, 4.69) is 15.6 Å². The second-order valence-electron chi connectivity index (χ2n) is 5.54. The lowest BCUT2D eigenvalue weighted by molar-refractivity contribution is 0.0529. The zero-order valence-electron chi connectivity index (χ0n) is 12.7. The van der Waals surface area contributed by atoms with Crippen LogP contribution < -0.4 is 10.6 Å². The fourth-order valence-corrected chi connectivity index (χ4v) is 1.55. The Balaban J connectivity index is 2.43. The molecule has 1 aromatic heterocycles. The molecule has 0 aliphatic rings. The van der Waals surface area contributed by atoms with Crippen molar-refractivity contribution < 1.29 is 19.4 Å². The number of amides is 1. The lowest BCUT2D eigenvalue weighted by atomic mass is 10.2. The molecule has 1 aromatic rings. The highest BCUT2D eigenvalue weighted by Gasteiger charge is 2.15. The largest absolute Gasteiger partial charge is 0.478 e. The normalized spacial score (nSPS) is 10.9. The van der Waals surface area contributed by atoms with Gasteiger partial charge in [0.05, 0.1) is 5.56 Å². The molecule has 3 N–H and O–H groups in total. The number of carbonyl (C=O) groups is 2. The number of hydrogen-bond acceptors (Lipinski definition) is 5. The molecule has 0 bridgehead atoms. The predicted octanol–water partition coefficient (Wildman–Crippen LogP) is 2.02. The summed E-state index contributed by atoms with van der Waals surface area (Å²) in [4.78, 5) is 26.5. The molecule has 0 aliphatic heterocycles. The smallest absolute Gasteiger partial charge is 0.407 e. The predicted molar refractivity (Wildman–Crippen MR) is 78.7 cm³/mol. The standard InChI is InChI=1S/C14H21N3O4/c1-9-7-10(12(18)19)8-11(17-9)15-5-6-16-13(20)21-14(2,3)4/h7-8H,5-6H2,1-4H3,(H,15,17)(H,16,20)(H,18,19). The zero-order chi connectivity index (χ0) is 16.0. The summed E-state index contributed by atoms with van der Waals surface area (Å²) in [5, 5.41) is 14.5. The van der Waals surface area contributed by atoms with E-state index in [9.17, 15) is 9.59 Å². The van der Waals surface area contributed by atoms with Crippen molar-refractivity contribution in [2.75, 3.05) is 18.4 Å². The maximum absolute atomic E-state index is 11.4. The van der Waals surface area contributed by atoms with Crippen molar-refractivity contribution >= 4 is 17.9 Å². The van der Waals surface area contributed by atoms with Crippen LogP contribution in [0.3, 0.4) is 0 Å².